The lowest BCUT2D eigenvalue weighted by molar-refractivity contribution is 0.101. The van der Waals surface area contributed by atoms with Gasteiger partial charge in [0.25, 0.3) is 0 Å². The molecule has 0 aliphatic rings. The van der Waals surface area contributed by atoms with E-state index in [4.69, 9.17) is 4.52 Å². The van der Waals surface area contributed by atoms with Crippen molar-refractivity contribution in [2.45, 2.75) is 13.5 Å². The molecular formula is C8H8N4O2. The zero-order chi connectivity index (χ0) is 9.97. The summed E-state index contributed by atoms with van der Waals surface area (Å²) in [5.74, 6) is 0.568. The molecular weight excluding hydrogens is 184 g/mol. The van der Waals surface area contributed by atoms with E-state index in [9.17, 15) is 4.79 Å². The van der Waals surface area contributed by atoms with Crippen LogP contribution in [0.25, 0.3) is 0 Å². The Morgan fingerprint density at radius 1 is 1.64 bits per heavy atom. The fourth-order valence-corrected chi connectivity index (χ4v) is 1.02. The number of hydrogen-bond donors (Lipinski definition) is 0. The van der Waals surface area contributed by atoms with Gasteiger partial charge in [0, 0.05) is 13.0 Å². The first-order chi connectivity index (χ1) is 6.75. The van der Waals surface area contributed by atoms with E-state index in [1.165, 1.54) is 11.6 Å². The van der Waals surface area contributed by atoms with Gasteiger partial charge in [-0.25, -0.2) is 4.68 Å². The molecule has 0 saturated carbocycles. The average Bonchev–Trinajstić information content (AvgIpc) is 2.75. The highest BCUT2D eigenvalue weighted by molar-refractivity contribution is 5.91. The van der Waals surface area contributed by atoms with Gasteiger partial charge in [-0.15, -0.1) is 5.10 Å². The van der Waals surface area contributed by atoms with Crippen LogP contribution in [0.1, 0.15) is 23.2 Å². The summed E-state index contributed by atoms with van der Waals surface area (Å²) in [7, 11) is 0. The van der Waals surface area contributed by atoms with Gasteiger partial charge in [0.05, 0.1) is 12.4 Å². The van der Waals surface area contributed by atoms with Crippen LogP contribution in [-0.2, 0) is 6.54 Å². The molecule has 6 heteroatoms. The molecule has 0 fully saturated rings. The Morgan fingerprint density at radius 3 is 3.07 bits per heavy atom. The Kier molecular flexibility index (Phi) is 2.10. The van der Waals surface area contributed by atoms with Crippen LogP contribution in [0.5, 0.6) is 0 Å². The summed E-state index contributed by atoms with van der Waals surface area (Å²) in [4.78, 5) is 10.9. The fraction of sp³-hybridized carbons (Fsp3) is 0.250. The van der Waals surface area contributed by atoms with Gasteiger partial charge < -0.3 is 4.52 Å². The maximum absolute atomic E-state index is 10.9. The molecule has 2 aromatic rings. The second-order valence-electron chi connectivity index (χ2n) is 2.84. The molecule has 0 radical (unpaired) electrons. The molecule has 0 aliphatic carbocycles. The van der Waals surface area contributed by atoms with Crippen molar-refractivity contribution >= 4 is 5.78 Å². The predicted molar refractivity (Wildman–Crippen MR) is 45.6 cm³/mol. The van der Waals surface area contributed by atoms with Crippen molar-refractivity contribution in [3.63, 3.8) is 0 Å². The number of rotatable bonds is 3. The third-order valence-electron chi connectivity index (χ3n) is 1.71. The van der Waals surface area contributed by atoms with Crippen LogP contribution in [0.15, 0.2) is 23.0 Å². The number of carbonyl (C=O) groups is 1. The monoisotopic (exact) mass is 192 g/mol. The van der Waals surface area contributed by atoms with E-state index in [2.05, 4.69) is 15.5 Å². The van der Waals surface area contributed by atoms with E-state index in [0.717, 1.165) is 0 Å². The van der Waals surface area contributed by atoms with Crippen molar-refractivity contribution in [1.29, 1.82) is 0 Å². The molecule has 0 saturated heterocycles. The number of nitrogens with zero attached hydrogens (tertiary/aromatic N) is 4. The van der Waals surface area contributed by atoms with Crippen molar-refractivity contribution in [2.24, 2.45) is 0 Å². The molecule has 0 unspecified atom stereocenters. The predicted octanol–water partition coefficient (Wildman–Crippen LogP) is 0.517. The second kappa shape index (κ2) is 3.41. The molecule has 0 aliphatic heterocycles. The first-order valence-corrected chi connectivity index (χ1v) is 4.06. The van der Waals surface area contributed by atoms with Gasteiger partial charge in [-0.05, 0) is 0 Å². The highest BCUT2D eigenvalue weighted by Gasteiger charge is 2.06. The van der Waals surface area contributed by atoms with Crippen molar-refractivity contribution < 1.29 is 9.32 Å². The molecule has 2 heterocycles. The van der Waals surface area contributed by atoms with Crippen LogP contribution < -0.4 is 0 Å². The summed E-state index contributed by atoms with van der Waals surface area (Å²) >= 11 is 0. The maximum Gasteiger partial charge on any atom is 0.181 e. The molecule has 6 nitrogen and oxygen atoms in total. The fourth-order valence-electron chi connectivity index (χ4n) is 1.02. The molecule has 2 aromatic heterocycles. The summed E-state index contributed by atoms with van der Waals surface area (Å²) < 4.78 is 6.41. The van der Waals surface area contributed by atoms with Crippen LogP contribution >= 0.6 is 0 Å². The Labute approximate surface area is 79.5 Å². The van der Waals surface area contributed by atoms with Gasteiger partial charge in [-0.2, -0.15) is 0 Å². The number of aromatic nitrogens is 4. The van der Waals surface area contributed by atoms with E-state index >= 15 is 0 Å². The lowest BCUT2D eigenvalue weighted by atomic mass is 10.3. The molecule has 2 rings (SSSR count). The van der Waals surface area contributed by atoms with Crippen molar-refractivity contribution in [1.82, 2.24) is 20.2 Å². The average molecular weight is 192 g/mol. The van der Waals surface area contributed by atoms with E-state index < -0.39 is 0 Å². The van der Waals surface area contributed by atoms with Crippen molar-refractivity contribution in [2.75, 3.05) is 0 Å². The van der Waals surface area contributed by atoms with Crippen molar-refractivity contribution in [3.8, 4) is 0 Å². The summed E-state index contributed by atoms with van der Waals surface area (Å²) in [6.45, 7) is 1.88. The summed E-state index contributed by atoms with van der Waals surface area (Å²) in [5.41, 5.74) is 0.351. The third-order valence-corrected chi connectivity index (χ3v) is 1.71. The lowest BCUT2D eigenvalue weighted by Crippen LogP contribution is -1.99. The van der Waals surface area contributed by atoms with E-state index in [0.29, 0.717) is 18.0 Å². The Balaban J connectivity index is 2.14. The van der Waals surface area contributed by atoms with Crippen LogP contribution in [-0.4, -0.2) is 25.9 Å². The van der Waals surface area contributed by atoms with Crippen molar-refractivity contribution in [3.05, 3.63) is 29.9 Å². The van der Waals surface area contributed by atoms with Crippen LogP contribution in [0.4, 0.5) is 0 Å². The zero-order valence-electron chi connectivity index (χ0n) is 7.54. The lowest BCUT2D eigenvalue weighted by Gasteiger charge is -1.92. The van der Waals surface area contributed by atoms with Crippen LogP contribution in [0, 0.1) is 0 Å². The first kappa shape index (κ1) is 8.61. The van der Waals surface area contributed by atoms with Crippen LogP contribution in [0.2, 0.25) is 0 Å². The SMILES string of the molecule is CC(=O)c1cn(Cc2ccno2)nn1. The Hall–Kier alpha value is -1.98. The Bertz CT molecular complexity index is 432. The molecule has 0 aromatic carbocycles. The van der Waals surface area contributed by atoms with E-state index in [-0.39, 0.29) is 5.78 Å². The molecule has 0 spiro atoms. The minimum Gasteiger partial charge on any atom is -0.359 e. The molecule has 72 valence electrons. The quantitative estimate of drug-likeness (QED) is 0.662. The van der Waals surface area contributed by atoms with Crippen LogP contribution in [0.3, 0.4) is 0 Å². The third kappa shape index (κ3) is 1.68. The van der Waals surface area contributed by atoms with Gasteiger partial charge in [-0.1, -0.05) is 10.4 Å². The van der Waals surface area contributed by atoms with E-state index in [1.807, 2.05) is 0 Å². The zero-order valence-corrected chi connectivity index (χ0v) is 7.54. The molecule has 0 amide bonds. The molecule has 0 N–H and O–H groups in total. The second-order valence-corrected chi connectivity index (χ2v) is 2.84. The smallest absolute Gasteiger partial charge is 0.181 e. The topological polar surface area (TPSA) is 73.8 Å². The summed E-state index contributed by atoms with van der Waals surface area (Å²) in [6, 6.07) is 1.73. The van der Waals surface area contributed by atoms with Gasteiger partial charge in [-0.3, -0.25) is 4.79 Å². The number of Topliss-reactive ketones (excluding diaryl/α,β-unsaturated/α-hetero) is 1. The van der Waals surface area contributed by atoms with Gasteiger partial charge in [0.1, 0.15) is 12.2 Å². The number of carbonyl (C=O) groups excluding carboxylic acids is 1. The highest BCUT2D eigenvalue weighted by Crippen LogP contribution is 2.01. The minimum absolute atomic E-state index is 0.103. The molecule has 14 heavy (non-hydrogen) atoms. The maximum atomic E-state index is 10.9. The van der Waals surface area contributed by atoms with Gasteiger partial charge in [0.15, 0.2) is 11.5 Å². The minimum atomic E-state index is -0.103. The number of ketones is 1. The number of hydrogen-bond acceptors (Lipinski definition) is 5. The van der Waals surface area contributed by atoms with Gasteiger partial charge in [0.2, 0.25) is 0 Å². The summed E-state index contributed by atoms with van der Waals surface area (Å²) in [5, 5.41) is 11.0. The van der Waals surface area contributed by atoms with E-state index in [1.54, 1.807) is 18.5 Å². The molecule has 0 atom stereocenters. The standard InChI is InChI=1S/C8H8N4O2/c1-6(13)8-5-12(11-10-8)4-7-2-3-9-14-7/h2-3,5H,4H2,1H3. The van der Waals surface area contributed by atoms with Gasteiger partial charge >= 0.3 is 0 Å². The largest absolute Gasteiger partial charge is 0.359 e. The molecule has 0 bridgehead atoms. The normalized spacial score (nSPS) is 10.4. The Morgan fingerprint density at radius 2 is 2.50 bits per heavy atom. The first-order valence-electron chi connectivity index (χ1n) is 4.06. The highest BCUT2D eigenvalue weighted by atomic mass is 16.5. The summed E-state index contributed by atoms with van der Waals surface area (Å²) in [6.07, 6.45) is 3.13.